The molecule has 0 spiro atoms. The highest BCUT2D eigenvalue weighted by Gasteiger charge is 2.16. The zero-order valence-corrected chi connectivity index (χ0v) is 13.1. The number of nitrogens with zero attached hydrogens (tertiary/aromatic N) is 2. The monoisotopic (exact) mass is 291 g/mol. The molecule has 0 radical (unpaired) electrons. The zero-order valence-electron chi connectivity index (χ0n) is 12.4. The first-order chi connectivity index (χ1) is 9.65. The molecular weight excluding hydrogens is 270 g/mol. The maximum Gasteiger partial charge on any atom is 0.0596 e. The van der Waals surface area contributed by atoms with E-state index in [2.05, 4.69) is 41.1 Å². The maximum absolute atomic E-state index is 6.34. The molecule has 1 unspecified atom stereocenters. The minimum absolute atomic E-state index is 0.218. The molecule has 0 aliphatic rings. The van der Waals surface area contributed by atoms with Gasteiger partial charge in [0.15, 0.2) is 0 Å². The van der Waals surface area contributed by atoms with Crippen LogP contribution in [0.1, 0.15) is 36.8 Å². The summed E-state index contributed by atoms with van der Waals surface area (Å²) >= 11 is 6.34. The van der Waals surface area contributed by atoms with Crippen LogP contribution in [0, 0.1) is 6.92 Å². The van der Waals surface area contributed by atoms with Crippen LogP contribution >= 0.6 is 11.6 Å². The van der Waals surface area contributed by atoms with Gasteiger partial charge >= 0.3 is 0 Å². The normalized spacial score (nSPS) is 12.6. The van der Waals surface area contributed by atoms with Crippen LogP contribution in [0.4, 0.5) is 0 Å². The van der Waals surface area contributed by atoms with Crippen molar-refractivity contribution < 1.29 is 0 Å². The second kappa shape index (κ2) is 6.91. The molecule has 1 N–H and O–H groups in total. The second-order valence-electron chi connectivity index (χ2n) is 4.93. The number of rotatable bonds is 6. The molecule has 2 aromatic rings. The Morgan fingerprint density at radius 3 is 2.70 bits per heavy atom. The van der Waals surface area contributed by atoms with E-state index < -0.39 is 0 Å². The Labute approximate surface area is 126 Å². The molecule has 1 aromatic carbocycles. The minimum Gasteiger partial charge on any atom is -0.310 e. The Morgan fingerprint density at radius 1 is 1.30 bits per heavy atom. The topological polar surface area (TPSA) is 29.9 Å². The summed E-state index contributed by atoms with van der Waals surface area (Å²) in [4.78, 5) is 0. The third-order valence-electron chi connectivity index (χ3n) is 3.43. The van der Waals surface area contributed by atoms with Crippen LogP contribution in [0.2, 0.25) is 5.02 Å². The highest BCUT2D eigenvalue weighted by Crippen LogP contribution is 2.25. The Kier molecular flexibility index (Phi) is 5.21. The average Bonchev–Trinajstić information content (AvgIpc) is 2.79. The van der Waals surface area contributed by atoms with Crippen molar-refractivity contribution in [3.63, 3.8) is 0 Å². The van der Waals surface area contributed by atoms with E-state index in [0.29, 0.717) is 0 Å². The van der Waals surface area contributed by atoms with Crippen LogP contribution in [-0.2, 0) is 13.0 Å². The number of aromatic nitrogens is 2. The van der Waals surface area contributed by atoms with E-state index in [1.54, 1.807) is 0 Å². The Morgan fingerprint density at radius 2 is 2.05 bits per heavy atom. The molecule has 0 aliphatic heterocycles. The highest BCUT2D eigenvalue weighted by molar-refractivity contribution is 6.31. The Balaban J connectivity index is 2.28. The first kappa shape index (κ1) is 15.1. The quantitative estimate of drug-likeness (QED) is 0.878. The van der Waals surface area contributed by atoms with E-state index in [9.17, 15) is 0 Å². The van der Waals surface area contributed by atoms with Crippen LogP contribution in [0.25, 0.3) is 0 Å². The molecule has 0 aliphatic carbocycles. The van der Waals surface area contributed by atoms with Gasteiger partial charge in [0, 0.05) is 29.7 Å². The molecule has 2 rings (SSSR count). The number of hydrogen-bond acceptors (Lipinski definition) is 2. The summed E-state index contributed by atoms with van der Waals surface area (Å²) in [5, 5.41) is 8.85. The van der Waals surface area contributed by atoms with Crippen molar-refractivity contribution in [3.8, 4) is 0 Å². The predicted molar refractivity (Wildman–Crippen MR) is 84.2 cm³/mol. The summed E-state index contributed by atoms with van der Waals surface area (Å²) in [7, 11) is 0. The standard InChI is InChI=1S/C16H22ClN3/c1-4-18-16(14-8-6-7-9-15(14)17)11-13-10-12(3)19-20(13)5-2/h6-10,16,18H,4-5,11H2,1-3H3. The summed E-state index contributed by atoms with van der Waals surface area (Å²) < 4.78 is 2.07. The van der Waals surface area contributed by atoms with Crippen molar-refractivity contribution in [3.05, 3.63) is 52.3 Å². The van der Waals surface area contributed by atoms with Gasteiger partial charge < -0.3 is 5.32 Å². The number of likely N-dealkylation sites (N-methyl/N-ethyl adjacent to an activating group) is 1. The van der Waals surface area contributed by atoms with Gasteiger partial charge in [-0.3, -0.25) is 4.68 Å². The largest absolute Gasteiger partial charge is 0.310 e. The molecule has 4 heteroatoms. The van der Waals surface area contributed by atoms with Crippen LogP contribution in [0.15, 0.2) is 30.3 Å². The summed E-state index contributed by atoms with van der Waals surface area (Å²) in [5.74, 6) is 0. The molecule has 0 fully saturated rings. The summed E-state index contributed by atoms with van der Waals surface area (Å²) in [6.07, 6.45) is 0.895. The summed E-state index contributed by atoms with van der Waals surface area (Å²) in [5.41, 5.74) is 3.46. The van der Waals surface area contributed by atoms with E-state index in [1.807, 2.05) is 25.1 Å². The fourth-order valence-electron chi connectivity index (χ4n) is 2.54. The molecule has 1 atom stereocenters. The van der Waals surface area contributed by atoms with Gasteiger partial charge in [0.1, 0.15) is 0 Å². The number of nitrogens with one attached hydrogen (secondary N) is 1. The van der Waals surface area contributed by atoms with Crippen LogP contribution in [0.3, 0.4) is 0 Å². The zero-order chi connectivity index (χ0) is 14.5. The van der Waals surface area contributed by atoms with E-state index >= 15 is 0 Å². The van der Waals surface area contributed by atoms with Gasteiger partial charge in [-0.15, -0.1) is 0 Å². The lowest BCUT2D eigenvalue weighted by Crippen LogP contribution is -2.24. The molecule has 1 aromatic heterocycles. The number of hydrogen-bond donors (Lipinski definition) is 1. The van der Waals surface area contributed by atoms with Crippen molar-refractivity contribution in [1.29, 1.82) is 0 Å². The van der Waals surface area contributed by atoms with Gasteiger partial charge in [-0.05, 0) is 38.1 Å². The molecule has 0 bridgehead atoms. The molecule has 20 heavy (non-hydrogen) atoms. The van der Waals surface area contributed by atoms with Crippen LogP contribution in [-0.4, -0.2) is 16.3 Å². The summed E-state index contributed by atoms with van der Waals surface area (Å²) in [6, 6.07) is 10.4. The van der Waals surface area contributed by atoms with Crippen molar-refractivity contribution in [2.24, 2.45) is 0 Å². The molecular formula is C16H22ClN3. The lowest BCUT2D eigenvalue weighted by atomic mass is 10.0. The SMILES string of the molecule is CCNC(Cc1cc(C)nn1CC)c1ccccc1Cl. The molecule has 3 nitrogen and oxygen atoms in total. The lowest BCUT2D eigenvalue weighted by molar-refractivity contribution is 0.516. The Hall–Kier alpha value is -1.32. The van der Waals surface area contributed by atoms with Crippen molar-refractivity contribution >= 4 is 11.6 Å². The highest BCUT2D eigenvalue weighted by atomic mass is 35.5. The molecule has 1 heterocycles. The number of aryl methyl sites for hydroxylation is 2. The molecule has 108 valence electrons. The van der Waals surface area contributed by atoms with Gasteiger partial charge in [0.2, 0.25) is 0 Å². The minimum atomic E-state index is 0.218. The molecule has 0 saturated heterocycles. The van der Waals surface area contributed by atoms with Gasteiger partial charge in [0.25, 0.3) is 0 Å². The van der Waals surface area contributed by atoms with Crippen molar-refractivity contribution in [2.45, 2.75) is 39.8 Å². The van der Waals surface area contributed by atoms with Gasteiger partial charge in [-0.2, -0.15) is 5.10 Å². The third-order valence-corrected chi connectivity index (χ3v) is 3.77. The molecule has 0 saturated carbocycles. The van der Waals surface area contributed by atoms with Crippen molar-refractivity contribution in [1.82, 2.24) is 15.1 Å². The van der Waals surface area contributed by atoms with E-state index in [1.165, 1.54) is 5.69 Å². The maximum atomic E-state index is 6.34. The van der Waals surface area contributed by atoms with Crippen LogP contribution in [0.5, 0.6) is 0 Å². The Bertz CT molecular complexity index is 563. The lowest BCUT2D eigenvalue weighted by Gasteiger charge is -2.20. The summed E-state index contributed by atoms with van der Waals surface area (Å²) in [6.45, 7) is 8.08. The van der Waals surface area contributed by atoms with Crippen LogP contribution < -0.4 is 5.32 Å². The second-order valence-corrected chi connectivity index (χ2v) is 5.34. The average molecular weight is 292 g/mol. The smallest absolute Gasteiger partial charge is 0.0596 e. The van der Waals surface area contributed by atoms with E-state index in [-0.39, 0.29) is 6.04 Å². The fourth-order valence-corrected chi connectivity index (χ4v) is 2.81. The van der Waals surface area contributed by atoms with E-state index in [4.69, 9.17) is 11.6 Å². The number of halogens is 1. The van der Waals surface area contributed by atoms with E-state index in [0.717, 1.165) is 35.8 Å². The fraction of sp³-hybridized carbons (Fsp3) is 0.438. The van der Waals surface area contributed by atoms with Gasteiger partial charge in [-0.25, -0.2) is 0 Å². The van der Waals surface area contributed by atoms with Crippen molar-refractivity contribution in [2.75, 3.05) is 6.54 Å². The molecule has 0 amide bonds. The number of benzene rings is 1. The predicted octanol–water partition coefficient (Wildman–Crippen LogP) is 3.76. The first-order valence-electron chi connectivity index (χ1n) is 7.16. The van der Waals surface area contributed by atoms with Gasteiger partial charge in [-0.1, -0.05) is 36.7 Å². The third kappa shape index (κ3) is 3.41. The first-order valence-corrected chi connectivity index (χ1v) is 7.54. The van der Waals surface area contributed by atoms with Gasteiger partial charge in [0.05, 0.1) is 5.69 Å².